The summed E-state index contributed by atoms with van der Waals surface area (Å²) >= 11 is 0. The average Bonchev–Trinajstić information content (AvgIpc) is 2.47. The normalized spacial score (nSPS) is 28.5. The molecule has 0 radical (unpaired) electrons. The third-order valence-electron chi connectivity index (χ3n) is 4.86. The number of hydrogen-bond acceptors (Lipinski definition) is 4. The van der Waals surface area contributed by atoms with E-state index in [0.717, 1.165) is 11.1 Å². The highest BCUT2D eigenvalue weighted by Gasteiger charge is 2.52. The molecule has 1 aliphatic rings. The molecular weight excluding hydrogens is 300 g/mol. The lowest BCUT2D eigenvalue weighted by molar-refractivity contribution is -0.0267. The standard InChI is InChI=1S/C17H24O4S/c1-12-6-8-15(9-7-12)22(18,19)21-10-16-13(2)14(3)17(16,4)11-20-5/h6-9,13,16H,3,10-11H2,1-2,4-5H3/t13-,16+,17+/m1/s1. The molecule has 1 fully saturated rings. The number of rotatable bonds is 6. The van der Waals surface area contributed by atoms with Gasteiger partial charge >= 0.3 is 0 Å². The van der Waals surface area contributed by atoms with Crippen LogP contribution in [0.4, 0.5) is 0 Å². The van der Waals surface area contributed by atoms with Gasteiger partial charge in [-0.2, -0.15) is 8.42 Å². The number of aryl methyl sites for hydroxylation is 1. The zero-order chi connectivity index (χ0) is 16.5. The quantitative estimate of drug-likeness (QED) is 0.596. The van der Waals surface area contributed by atoms with Crippen LogP contribution in [0.2, 0.25) is 0 Å². The second kappa shape index (κ2) is 6.14. The van der Waals surface area contributed by atoms with Crippen molar-refractivity contribution in [2.24, 2.45) is 17.3 Å². The Hall–Kier alpha value is -1.17. The van der Waals surface area contributed by atoms with Gasteiger partial charge in [-0.3, -0.25) is 4.18 Å². The van der Waals surface area contributed by atoms with Crippen LogP contribution >= 0.6 is 0 Å². The smallest absolute Gasteiger partial charge is 0.296 e. The zero-order valence-corrected chi connectivity index (χ0v) is 14.4. The summed E-state index contributed by atoms with van der Waals surface area (Å²) in [5, 5.41) is 0. The zero-order valence-electron chi connectivity index (χ0n) is 13.6. The van der Waals surface area contributed by atoms with Crippen molar-refractivity contribution in [1.82, 2.24) is 0 Å². The number of methoxy groups -OCH3 is 1. The summed E-state index contributed by atoms with van der Waals surface area (Å²) in [5.41, 5.74) is 1.88. The summed E-state index contributed by atoms with van der Waals surface area (Å²) in [4.78, 5) is 0.192. The molecule has 2 rings (SSSR count). The highest BCUT2D eigenvalue weighted by Crippen LogP contribution is 2.54. The second-order valence-electron chi connectivity index (χ2n) is 6.32. The van der Waals surface area contributed by atoms with E-state index < -0.39 is 10.1 Å². The van der Waals surface area contributed by atoms with Crippen LogP contribution in [0.3, 0.4) is 0 Å². The maximum absolute atomic E-state index is 12.3. The Morgan fingerprint density at radius 3 is 2.41 bits per heavy atom. The molecule has 5 heteroatoms. The first-order valence-electron chi connectivity index (χ1n) is 7.36. The van der Waals surface area contributed by atoms with Gasteiger partial charge < -0.3 is 4.74 Å². The van der Waals surface area contributed by atoms with Gasteiger partial charge in [-0.15, -0.1) is 0 Å². The van der Waals surface area contributed by atoms with Gasteiger partial charge in [0.15, 0.2) is 0 Å². The minimum atomic E-state index is -3.72. The number of hydrogen-bond donors (Lipinski definition) is 0. The molecule has 3 atom stereocenters. The van der Waals surface area contributed by atoms with E-state index in [9.17, 15) is 8.42 Å². The van der Waals surface area contributed by atoms with Crippen LogP contribution in [-0.2, 0) is 19.0 Å². The first-order valence-corrected chi connectivity index (χ1v) is 8.77. The van der Waals surface area contributed by atoms with E-state index >= 15 is 0 Å². The van der Waals surface area contributed by atoms with E-state index in [1.165, 1.54) is 0 Å². The Morgan fingerprint density at radius 1 is 1.27 bits per heavy atom. The fraction of sp³-hybridized carbons (Fsp3) is 0.529. The Kier molecular flexibility index (Phi) is 4.80. The Bertz CT molecular complexity index is 648. The summed E-state index contributed by atoms with van der Waals surface area (Å²) < 4.78 is 35.1. The second-order valence-corrected chi connectivity index (χ2v) is 7.94. The summed E-state index contributed by atoms with van der Waals surface area (Å²) in [6.45, 7) is 10.8. The minimum Gasteiger partial charge on any atom is -0.384 e. The van der Waals surface area contributed by atoms with Gasteiger partial charge in [-0.1, -0.05) is 43.7 Å². The average molecular weight is 324 g/mol. The first kappa shape index (κ1) is 17.2. The van der Waals surface area contributed by atoms with Gasteiger partial charge in [0.05, 0.1) is 18.1 Å². The molecule has 4 nitrogen and oxygen atoms in total. The lowest BCUT2D eigenvalue weighted by Crippen LogP contribution is -2.52. The van der Waals surface area contributed by atoms with Crippen LogP contribution < -0.4 is 0 Å². The maximum Gasteiger partial charge on any atom is 0.296 e. The minimum absolute atomic E-state index is 0.0835. The molecule has 22 heavy (non-hydrogen) atoms. The number of ether oxygens (including phenoxy) is 1. The summed E-state index contributed by atoms with van der Waals surface area (Å²) in [5.74, 6) is 0.313. The predicted octanol–water partition coefficient (Wildman–Crippen LogP) is 3.18. The maximum atomic E-state index is 12.3. The highest BCUT2D eigenvalue weighted by atomic mass is 32.2. The largest absolute Gasteiger partial charge is 0.384 e. The van der Waals surface area contributed by atoms with Gasteiger partial charge in [-0.05, 0) is 25.0 Å². The fourth-order valence-electron chi connectivity index (χ4n) is 3.22. The van der Waals surface area contributed by atoms with E-state index in [2.05, 4.69) is 6.58 Å². The van der Waals surface area contributed by atoms with E-state index in [4.69, 9.17) is 8.92 Å². The molecular formula is C17H24O4S. The molecule has 1 saturated carbocycles. The Labute approximate surface area is 133 Å². The molecule has 0 amide bonds. The summed E-state index contributed by atoms with van der Waals surface area (Å²) in [6.07, 6.45) is 0. The van der Waals surface area contributed by atoms with Crippen LogP contribution in [0.5, 0.6) is 0 Å². The van der Waals surface area contributed by atoms with Crippen LogP contribution in [0.15, 0.2) is 41.3 Å². The SMILES string of the molecule is C=C1[C@@H](C)[C@H](COS(=O)(=O)c2ccc(C)cc2)[C@@]1(C)COC. The van der Waals surface area contributed by atoms with E-state index in [-0.39, 0.29) is 28.8 Å². The van der Waals surface area contributed by atoms with Gasteiger partial charge in [-0.25, -0.2) is 0 Å². The molecule has 122 valence electrons. The number of benzene rings is 1. The van der Waals surface area contributed by atoms with Crippen molar-refractivity contribution in [3.05, 3.63) is 42.0 Å². The van der Waals surface area contributed by atoms with Crippen molar-refractivity contribution >= 4 is 10.1 Å². The third kappa shape index (κ3) is 2.98. The van der Waals surface area contributed by atoms with E-state index in [1.54, 1.807) is 31.4 Å². The lowest BCUT2D eigenvalue weighted by Gasteiger charge is -2.54. The molecule has 0 unspecified atom stereocenters. The van der Waals surface area contributed by atoms with Gasteiger partial charge in [0.2, 0.25) is 0 Å². The van der Waals surface area contributed by atoms with Crippen LogP contribution in [-0.4, -0.2) is 28.7 Å². The molecule has 1 aromatic carbocycles. The molecule has 0 heterocycles. The predicted molar refractivity (Wildman–Crippen MR) is 86.1 cm³/mol. The molecule has 0 bridgehead atoms. The molecule has 1 aromatic rings. The van der Waals surface area contributed by atoms with Crippen LogP contribution in [0.25, 0.3) is 0 Å². The third-order valence-corrected chi connectivity index (χ3v) is 6.16. The van der Waals surface area contributed by atoms with Crippen molar-refractivity contribution in [2.75, 3.05) is 20.3 Å². The van der Waals surface area contributed by atoms with Crippen molar-refractivity contribution in [3.8, 4) is 0 Å². The Morgan fingerprint density at radius 2 is 1.86 bits per heavy atom. The Balaban J connectivity index is 2.08. The molecule has 1 aliphatic carbocycles. The lowest BCUT2D eigenvalue weighted by atomic mass is 9.52. The first-order chi connectivity index (χ1) is 10.2. The van der Waals surface area contributed by atoms with Gasteiger partial charge in [0, 0.05) is 18.4 Å². The highest BCUT2D eigenvalue weighted by molar-refractivity contribution is 7.86. The van der Waals surface area contributed by atoms with Gasteiger partial charge in [0.25, 0.3) is 10.1 Å². The molecule has 0 spiro atoms. The summed E-state index contributed by atoms with van der Waals surface area (Å²) in [6, 6.07) is 6.67. The monoisotopic (exact) mass is 324 g/mol. The van der Waals surface area contributed by atoms with Crippen molar-refractivity contribution in [3.63, 3.8) is 0 Å². The molecule has 0 aliphatic heterocycles. The molecule has 0 aromatic heterocycles. The molecule has 0 N–H and O–H groups in total. The van der Waals surface area contributed by atoms with Crippen molar-refractivity contribution in [2.45, 2.75) is 25.7 Å². The fourth-order valence-corrected chi connectivity index (χ4v) is 4.15. The molecule has 0 saturated heterocycles. The van der Waals surface area contributed by atoms with Crippen LogP contribution in [0, 0.1) is 24.2 Å². The summed E-state index contributed by atoms with van der Waals surface area (Å²) in [7, 11) is -2.08. The topological polar surface area (TPSA) is 52.6 Å². The van der Waals surface area contributed by atoms with E-state index in [0.29, 0.717) is 6.61 Å². The van der Waals surface area contributed by atoms with Crippen LogP contribution in [0.1, 0.15) is 19.4 Å². The van der Waals surface area contributed by atoms with E-state index in [1.807, 2.05) is 20.8 Å². The van der Waals surface area contributed by atoms with Gasteiger partial charge in [0.1, 0.15) is 0 Å². The van der Waals surface area contributed by atoms with Crippen molar-refractivity contribution < 1.29 is 17.3 Å². The van der Waals surface area contributed by atoms with Crippen molar-refractivity contribution in [1.29, 1.82) is 0 Å².